The molecule has 0 saturated heterocycles. The number of aromatic nitrogens is 1. The molecule has 1 N–H and O–H groups in total. The maximum absolute atomic E-state index is 13.1. The molecule has 2 heterocycles. The Labute approximate surface area is 162 Å². The molecule has 0 saturated carbocycles. The Hall–Kier alpha value is -2.70. The highest BCUT2D eigenvalue weighted by Gasteiger charge is 2.19. The minimum absolute atomic E-state index is 0.110. The zero-order valence-electron chi connectivity index (χ0n) is 14.4. The van der Waals surface area contributed by atoms with Crippen LogP contribution in [0, 0.1) is 6.92 Å². The average molecular weight is 383 g/mol. The van der Waals surface area contributed by atoms with Crippen molar-refractivity contribution in [3.8, 4) is 5.75 Å². The predicted molar refractivity (Wildman–Crippen MR) is 108 cm³/mol. The summed E-state index contributed by atoms with van der Waals surface area (Å²) >= 11 is 6.98. The van der Waals surface area contributed by atoms with Gasteiger partial charge in [-0.2, -0.15) is 4.57 Å². The number of aryl methyl sites for hydroxylation is 1. The first-order valence-electron chi connectivity index (χ1n) is 7.97. The van der Waals surface area contributed by atoms with Crippen molar-refractivity contribution in [2.75, 3.05) is 12.4 Å². The first-order valence-corrected chi connectivity index (χ1v) is 9.26. The van der Waals surface area contributed by atoms with Crippen molar-refractivity contribution in [1.29, 1.82) is 0 Å². The van der Waals surface area contributed by atoms with E-state index in [-0.39, 0.29) is 5.76 Å². The van der Waals surface area contributed by atoms with E-state index in [4.69, 9.17) is 17.0 Å². The first kappa shape index (κ1) is 18.1. The Morgan fingerprint density at radius 1 is 1.15 bits per heavy atom. The molecule has 0 atom stereocenters. The maximum atomic E-state index is 13.1. The molecule has 26 heavy (non-hydrogen) atoms. The highest BCUT2D eigenvalue weighted by molar-refractivity contribution is 7.81. The second-order valence-electron chi connectivity index (χ2n) is 5.63. The van der Waals surface area contributed by atoms with Gasteiger partial charge in [0.05, 0.1) is 7.11 Å². The summed E-state index contributed by atoms with van der Waals surface area (Å²) in [5.74, 6) is 0.648. The molecule has 0 unspecified atom stereocenters. The largest absolute Gasteiger partial charge is 0.867 e. The molecular formula is C20H18N2O2S2. The quantitative estimate of drug-likeness (QED) is 0.318. The predicted octanol–water partition coefficient (Wildman–Crippen LogP) is 3.48. The smallest absolute Gasteiger partial charge is 0.239 e. The third kappa shape index (κ3) is 4.09. The van der Waals surface area contributed by atoms with Gasteiger partial charge in [-0.1, -0.05) is 18.3 Å². The van der Waals surface area contributed by atoms with Crippen LogP contribution in [0.15, 0.2) is 66.3 Å². The van der Waals surface area contributed by atoms with Gasteiger partial charge in [0.25, 0.3) is 0 Å². The van der Waals surface area contributed by atoms with Crippen LogP contribution in [0.1, 0.15) is 10.4 Å². The SMILES string of the molecule is COc1ccc(NC(=S)C(=C([O-])c2cccs2)[n+]2cccc(C)c2)cc1. The second-order valence-corrected chi connectivity index (χ2v) is 6.98. The summed E-state index contributed by atoms with van der Waals surface area (Å²) in [5.41, 5.74) is 2.25. The summed E-state index contributed by atoms with van der Waals surface area (Å²) in [5, 5.41) is 18.1. The van der Waals surface area contributed by atoms with Gasteiger partial charge in [0.2, 0.25) is 5.70 Å². The zero-order valence-corrected chi connectivity index (χ0v) is 16.1. The van der Waals surface area contributed by atoms with E-state index in [9.17, 15) is 5.11 Å². The van der Waals surface area contributed by atoms with E-state index < -0.39 is 0 Å². The van der Waals surface area contributed by atoms with Crippen molar-refractivity contribution in [1.82, 2.24) is 0 Å². The highest BCUT2D eigenvalue weighted by Crippen LogP contribution is 2.21. The van der Waals surface area contributed by atoms with Crippen LogP contribution in [0.5, 0.6) is 5.75 Å². The van der Waals surface area contributed by atoms with Crippen molar-refractivity contribution in [3.05, 3.63) is 76.7 Å². The topological polar surface area (TPSA) is 48.2 Å². The number of anilines is 1. The number of nitrogens with zero attached hydrogens (tertiary/aromatic N) is 1. The third-order valence-corrected chi connectivity index (χ3v) is 4.89. The number of hydrogen-bond donors (Lipinski definition) is 1. The summed E-state index contributed by atoms with van der Waals surface area (Å²) in [7, 11) is 1.62. The standard InChI is InChI=1S/C20H18N2O2S2/c1-14-5-3-11-22(13-14)18(19(23)17-6-4-12-26-17)20(25)21-15-7-9-16(24-2)10-8-15/h3-13H,1-2H3,(H-,21,23,25). The number of ether oxygens (including phenoxy) is 1. The van der Waals surface area contributed by atoms with E-state index in [1.54, 1.807) is 17.7 Å². The highest BCUT2D eigenvalue weighted by atomic mass is 32.1. The molecule has 0 bridgehead atoms. The molecule has 0 radical (unpaired) electrons. The van der Waals surface area contributed by atoms with Gasteiger partial charge in [-0.05, 0) is 54.5 Å². The van der Waals surface area contributed by atoms with Crippen molar-refractivity contribution in [2.45, 2.75) is 6.92 Å². The van der Waals surface area contributed by atoms with Crippen LogP contribution >= 0.6 is 23.6 Å². The molecule has 3 aromatic rings. The van der Waals surface area contributed by atoms with Crippen molar-refractivity contribution in [2.24, 2.45) is 0 Å². The molecule has 2 aromatic heterocycles. The molecule has 0 aliphatic rings. The molecule has 0 spiro atoms. The Balaban J connectivity index is 2.00. The average Bonchev–Trinajstić information content (AvgIpc) is 3.17. The fourth-order valence-corrected chi connectivity index (χ4v) is 3.44. The van der Waals surface area contributed by atoms with Crippen LogP contribution in [0.4, 0.5) is 5.69 Å². The summed E-state index contributed by atoms with van der Waals surface area (Å²) < 4.78 is 6.94. The Morgan fingerprint density at radius 3 is 2.54 bits per heavy atom. The van der Waals surface area contributed by atoms with Crippen molar-refractivity contribution < 1.29 is 14.4 Å². The first-order chi connectivity index (χ1) is 12.6. The number of pyridine rings is 1. The Bertz CT molecular complexity index is 933. The second kappa shape index (κ2) is 8.12. The van der Waals surface area contributed by atoms with Gasteiger partial charge in [-0.25, -0.2) is 0 Å². The lowest BCUT2D eigenvalue weighted by Gasteiger charge is -2.15. The number of methoxy groups -OCH3 is 1. The molecule has 4 nitrogen and oxygen atoms in total. The van der Waals surface area contributed by atoms with Crippen LogP contribution < -0.4 is 19.7 Å². The number of nitrogens with one attached hydrogen (secondary N) is 1. The van der Waals surface area contributed by atoms with E-state index in [0.717, 1.165) is 17.0 Å². The minimum atomic E-state index is -0.110. The van der Waals surface area contributed by atoms with Crippen LogP contribution in [0.3, 0.4) is 0 Å². The molecular weight excluding hydrogens is 364 g/mol. The van der Waals surface area contributed by atoms with E-state index in [2.05, 4.69) is 5.32 Å². The van der Waals surface area contributed by atoms with E-state index in [0.29, 0.717) is 15.6 Å². The molecule has 0 aliphatic heterocycles. The lowest BCUT2D eigenvalue weighted by Crippen LogP contribution is -2.40. The monoisotopic (exact) mass is 382 g/mol. The lowest BCUT2D eigenvalue weighted by molar-refractivity contribution is -0.578. The van der Waals surface area contributed by atoms with Crippen LogP contribution in [-0.2, 0) is 0 Å². The van der Waals surface area contributed by atoms with E-state index in [1.165, 1.54) is 11.3 Å². The summed E-state index contributed by atoms with van der Waals surface area (Å²) in [6, 6.07) is 14.9. The normalized spacial score (nSPS) is 11.6. The van der Waals surface area contributed by atoms with Gasteiger partial charge in [0, 0.05) is 22.2 Å². The molecule has 0 amide bonds. The summed E-state index contributed by atoms with van der Waals surface area (Å²) in [6.45, 7) is 1.98. The van der Waals surface area contributed by atoms with Crippen LogP contribution in [0.2, 0.25) is 0 Å². The van der Waals surface area contributed by atoms with Gasteiger partial charge in [0.1, 0.15) is 5.75 Å². The molecule has 132 valence electrons. The van der Waals surface area contributed by atoms with Crippen molar-refractivity contribution >= 4 is 45.7 Å². The number of rotatable bonds is 5. The lowest BCUT2D eigenvalue weighted by atomic mass is 10.2. The van der Waals surface area contributed by atoms with Gasteiger partial charge in [-0.3, -0.25) is 0 Å². The van der Waals surface area contributed by atoms with E-state index in [1.807, 2.05) is 67.2 Å². The number of thiocarbonyl (C=S) groups is 1. The molecule has 3 rings (SSSR count). The summed E-state index contributed by atoms with van der Waals surface area (Å²) in [6.07, 6.45) is 3.72. The minimum Gasteiger partial charge on any atom is -0.867 e. The molecule has 6 heteroatoms. The van der Waals surface area contributed by atoms with Crippen LogP contribution in [0.25, 0.3) is 11.5 Å². The fourth-order valence-electron chi connectivity index (χ4n) is 2.46. The van der Waals surface area contributed by atoms with Gasteiger partial charge in [-0.15, -0.1) is 11.3 Å². The Morgan fingerprint density at radius 2 is 1.92 bits per heavy atom. The zero-order chi connectivity index (χ0) is 18.5. The molecule has 1 aromatic carbocycles. The molecule has 0 fully saturated rings. The number of benzene rings is 1. The molecule has 0 aliphatic carbocycles. The van der Waals surface area contributed by atoms with Gasteiger partial charge < -0.3 is 15.2 Å². The third-order valence-electron chi connectivity index (χ3n) is 3.73. The number of thiophene rings is 1. The summed E-state index contributed by atoms with van der Waals surface area (Å²) in [4.78, 5) is 1.01. The fraction of sp³-hybridized carbons (Fsp3) is 0.100. The van der Waals surface area contributed by atoms with Gasteiger partial charge in [0.15, 0.2) is 17.4 Å². The Kier molecular flexibility index (Phi) is 5.65. The van der Waals surface area contributed by atoms with Gasteiger partial charge >= 0.3 is 0 Å². The number of hydrogen-bond acceptors (Lipinski definition) is 4. The van der Waals surface area contributed by atoms with Crippen LogP contribution in [-0.4, -0.2) is 12.1 Å². The van der Waals surface area contributed by atoms with Crippen molar-refractivity contribution in [3.63, 3.8) is 0 Å². The maximum Gasteiger partial charge on any atom is 0.239 e. The van der Waals surface area contributed by atoms with E-state index >= 15 is 0 Å².